The lowest BCUT2D eigenvalue weighted by atomic mass is 10.1. The molecule has 0 saturated carbocycles. The average Bonchev–Trinajstić information content (AvgIpc) is 3.18. The van der Waals surface area contributed by atoms with Gasteiger partial charge in [0.15, 0.2) is 6.10 Å². The highest BCUT2D eigenvalue weighted by molar-refractivity contribution is 7.16. The van der Waals surface area contributed by atoms with Crippen molar-refractivity contribution in [2.24, 2.45) is 0 Å². The fourth-order valence-corrected chi connectivity index (χ4v) is 3.88. The molecule has 0 spiro atoms. The van der Waals surface area contributed by atoms with Crippen LogP contribution < -0.4 is 10.1 Å². The van der Waals surface area contributed by atoms with Gasteiger partial charge in [-0.25, -0.2) is 4.79 Å². The molecule has 6 heteroatoms. The van der Waals surface area contributed by atoms with Crippen LogP contribution in [0, 0.1) is 0 Å². The first-order valence-electron chi connectivity index (χ1n) is 9.94. The van der Waals surface area contributed by atoms with Crippen molar-refractivity contribution in [1.29, 1.82) is 0 Å². The second-order valence-electron chi connectivity index (χ2n) is 6.67. The first-order chi connectivity index (χ1) is 14.5. The van der Waals surface area contributed by atoms with E-state index in [0.717, 1.165) is 22.4 Å². The normalized spacial score (nSPS) is 11.6. The van der Waals surface area contributed by atoms with Crippen molar-refractivity contribution >= 4 is 28.2 Å². The SMILES string of the molecule is CCOC(=O)c1cc(CC)sc1NC(=O)C(C)Oc1ccc(-c2ccccc2)cc1. The van der Waals surface area contributed by atoms with Gasteiger partial charge in [0.05, 0.1) is 12.2 Å². The number of anilines is 1. The van der Waals surface area contributed by atoms with Gasteiger partial charge < -0.3 is 14.8 Å². The van der Waals surface area contributed by atoms with E-state index in [9.17, 15) is 9.59 Å². The summed E-state index contributed by atoms with van der Waals surface area (Å²) in [5.41, 5.74) is 2.57. The number of amides is 1. The first-order valence-corrected chi connectivity index (χ1v) is 10.8. The monoisotopic (exact) mass is 423 g/mol. The van der Waals surface area contributed by atoms with Crippen molar-refractivity contribution in [3.63, 3.8) is 0 Å². The molecule has 1 amide bonds. The van der Waals surface area contributed by atoms with E-state index in [1.165, 1.54) is 11.3 Å². The summed E-state index contributed by atoms with van der Waals surface area (Å²) >= 11 is 1.38. The van der Waals surface area contributed by atoms with Crippen LogP contribution in [-0.2, 0) is 16.0 Å². The molecule has 1 atom stereocenters. The molecule has 1 unspecified atom stereocenters. The van der Waals surface area contributed by atoms with E-state index in [0.29, 0.717) is 16.3 Å². The Morgan fingerprint density at radius 1 is 1.00 bits per heavy atom. The summed E-state index contributed by atoms with van der Waals surface area (Å²) in [5.74, 6) is -0.158. The van der Waals surface area contributed by atoms with E-state index < -0.39 is 12.1 Å². The topological polar surface area (TPSA) is 64.6 Å². The molecular formula is C24H25NO4S. The van der Waals surface area contributed by atoms with Crippen molar-refractivity contribution in [2.45, 2.75) is 33.3 Å². The Morgan fingerprint density at radius 3 is 2.30 bits per heavy atom. The zero-order chi connectivity index (χ0) is 21.5. The fourth-order valence-electron chi connectivity index (χ4n) is 2.90. The number of ether oxygens (including phenoxy) is 2. The number of nitrogens with one attached hydrogen (secondary N) is 1. The number of thiophene rings is 1. The van der Waals surface area contributed by atoms with Crippen LogP contribution in [0.15, 0.2) is 60.7 Å². The third-order valence-corrected chi connectivity index (χ3v) is 5.70. The van der Waals surface area contributed by atoms with Gasteiger partial charge >= 0.3 is 5.97 Å². The summed E-state index contributed by atoms with van der Waals surface area (Å²) in [6.07, 6.45) is 0.0436. The number of esters is 1. The Kier molecular flexibility index (Phi) is 7.25. The van der Waals surface area contributed by atoms with Crippen LogP contribution in [0.25, 0.3) is 11.1 Å². The van der Waals surface area contributed by atoms with Gasteiger partial charge in [-0.05, 0) is 49.6 Å². The standard InChI is InChI=1S/C24H25NO4S/c1-4-20-15-21(24(27)28-5-2)23(30-20)25-22(26)16(3)29-19-13-11-18(12-14-19)17-9-7-6-8-10-17/h6-16H,4-5H2,1-3H3,(H,25,26). The van der Waals surface area contributed by atoms with Crippen LogP contribution in [0.1, 0.15) is 36.0 Å². The Hall–Kier alpha value is -3.12. The molecule has 0 fully saturated rings. The van der Waals surface area contributed by atoms with Crippen LogP contribution >= 0.6 is 11.3 Å². The van der Waals surface area contributed by atoms with Crippen LogP contribution in [-0.4, -0.2) is 24.6 Å². The number of hydrogen-bond donors (Lipinski definition) is 1. The van der Waals surface area contributed by atoms with E-state index in [1.807, 2.05) is 61.5 Å². The number of carbonyl (C=O) groups excluding carboxylic acids is 2. The number of hydrogen-bond acceptors (Lipinski definition) is 5. The molecule has 0 aliphatic heterocycles. The van der Waals surface area contributed by atoms with E-state index in [2.05, 4.69) is 5.32 Å². The number of benzene rings is 2. The van der Waals surface area contributed by atoms with E-state index in [4.69, 9.17) is 9.47 Å². The smallest absolute Gasteiger partial charge is 0.341 e. The number of carbonyl (C=O) groups is 2. The molecule has 0 saturated heterocycles. The van der Waals surface area contributed by atoms with Gasteiger partial charge in [-0.15, -0.1) is 11.3 Å². The summed E-state index contributed by atoms with van der Waals surface area (Å²) < 4.78 is 10.9. The molecule has 3 aromatic rings. The second kappa shape index (κ2) is 10.1. The first kappa shape index (κ1) is 21.6. The number of rotatable bonds is 8. The zero-order valence-corrected chi connectivity index (χ0v) is 18.1. The molecule has 30 heavy (non-hydrogen) atoms. The predicted octanol–water partition coefficient (Wildman–Crippen LogP) is 5.56. The Morgan fingerprint density at radius 2 is 1.67 bits per heavy atom. The fraction of sp³-hybridized carbons (Fsp3) is 0.250. The van der Waals surface area contributed by atoms with Crippen molar-refractivity contribution in [3.05, 3.63) is 71.1 Å². The second-order valence-corrected chi connectivity index (χ2v) is 7.81. The molecule has 0 aliphatic carbocycles. The largest absolute Gasteiger partial charge is 0.481 e. The number of aryl methyl sites for hydroxylation is 1. The minimum Gasteiger partial charge on any atom is -0.481 e. The van der Waals surface area contributed by atoms with E-state index >= 15 is 0 Å². The van der Waals surface area contributed by atoms with Crippen LogP contribution in [0.5, 0.6) is 5.75 Å². The Balaban J connectivity index is 1.66. The third kappa shape index (κ3) is 5.27. The summed E-state index contributed by atoms with van der Waals surface area (Å²) in [4.78, 5) is 25.8. The molecule has 1 aromatic heterocycles. The van der Waals surface area contributed by atoms with Gasteiger partial charge in [-0.3, -0.25) is 4.79 Å². The molecule has 3 rings (SSSR count). The highest BCUT2D eigenvalue weighted by atomic mass is 32.1. The molecule has 0 aliphatic rings. The van der Waals surface area contributed by atoms with Crippen LogP contribution in [0.3, 0.4) is 0 Å². The molecule has 5 nitrogen and oxygen atoms in total. The van der Waals surface area contributed by atoms with Gasteiger partial charge in [-0.1, -0.05) is 49.4 Å². The molecular weight excluding hydrogens is 398 g/mol. The summed E-state index contributed by atoms with van der Waals surface area (Å²) in [5, 5.41) is 3.31. The highest BCUT2D eigenvalue weighted by Crippen LogP contribution is 2.30. The maximum atomic E-state index is 12.7. The Bertz CT molecular complexity index is 996. The quantitative estimate of drug-likeness (QED) is 0.482. The van der Waals surface area contributed by atoms with Crippen molar-refractivity contribution < 1.29 is 19.1 Å². The summed E-state index contributed by atoms with van der Waals surface area (Å²) in [7, 11) is 0. The summed E-state index contributed by atoms with van der Waals surface area (Å²) in [6, 6.07) is 19.4. The van der Waals surface area contributed by atoms with E-state index in [1.54, 1.807) is 19.9 Å². The highest BCUT2D eigenvalue weighted by Gasteiger charge is 2.22. The predicted molar refractivity (Wildman–Crippen MR) is 120 cm³/mol. The van der Waals surface area contributed by atoms with E-state index in [-0.39, 0.29) is 12.5 Å². The van der Waals surface area contributed by atoms with Crippen molar-refractivity contribution in [2.75, 3.05) is 11.9 Å². The lowest BCUT2D eigenvalue weighted by molar-refractivity contribution is -0.122. The average molecular weight is 424 g/mol. The molecule has 2 aromatic carbocycles. The van der Waals surface area contributed by atoms with Gasteiger partial charge in [0, 0.05) is 4.88 Å². The van der Waals surface area contributed by atoms with Crippen LogP contribution in [0.4, 0.5) is 5.00 Å². The third-order valence-electron chi connectivity index (χ3n) is 4.51. The minimum absolute atomic E-state index is 0.280. The molecule has 156 valence electrons. The molecule has 0 bridgehead atoms. The zero-order valence-electron chi connectivity index (χ0n) is 17.3. The van der Waals surface area contributed by atoms with Crippen LogP contribution in [0.2, 0.25) is 0 Å². The van der Waals surface area contributed by atoms with Gasteiger partial charge in [0.25, 0.3) is 5.91 Å². The van der Waals surface area contributed by atoms with Gasteiger partial charge in [0.2, 0.25) is 0 Å². The lowest BCUT2D eigenvalue weighted by Crippen LogP contribution is -2.30. The maximum Gasteiger partial charge on any atom is 0.341 e. The van der Waals surface area contributed by atoms with Gasteiger partial charge in [0.1, 0.15) is 10.8 Å². The van der Waals surface area contributed by atoms with Crippen molar-refractivity contribution in [1.82, 2.24) is 0 Å². The van der Waals surface area contributed by atoms with Gasteiger partial charge in [-0.2, -0.15) is 0 Å². The molecule has 1 heterocycles. The molecule has 0 radical (unpaired) electrons. The molecule has 1 N–H and O–H groups in total. The maximum absolute atomic E-state index is 12.7. The summed E-state index contributed by atoms with van der Waals surface area (Å²) in [6.45, 7) is 5.71. The van der Waals surface area contributed by atoms with Crippen molar-refractivity contribution in [3.8, 4) is 16.9 Å². The lowest BCUT2D eigenvalue weighted by Gasteiger charge is -2.15. The Labute approximate surface area is 180 Å². The minimum atomic E-state index is -0.727.